The van der Waals surface area contributed by atoms with Gasteiger partial charge in [0.1, 0.15) is 12.2 Å². The number of ketones is 1. The molecule has 0 N–H and O–H groups in total. The number of esters is 1. The molecule has 1 aliphatic rings. The Bertz CT molecular complexity index is 517. The minimum Gasteiger partial charge on any atom is -0.460 e. The Labute approximate surface area is 109 Å². The van der Waals surface area contributed by atoms with Crippen molar-refractivity contribution in [3.63, 3.8) is 0 Å². The highest BCUT2D eigenvalue weighted by Crippen LogP contribution is 2.20. The van der Waals surface area contributed by atoms with Crippen LogP contribution in [0.25, 0.3) is 0 Å². The third kappa shape index (κ3) is 2.87. The number of ether oxygens (including phenoxy) is 1. The molecule has 0 spiro atoms. The molecule has 0 radical (unpaired) electrons. The molecule has 6 heteroatoms. The van der Waals surface area contributed by atoms with Crippen LogP contribution in [0.2, 0.25) is 0 Å². The summed E-state index contributed by atoms with van der Waals surface area (Å²) < 4.78 is 6.78. The number of carbonyl (C=O) groups is 2. The van der Waals surface area contributed by atoms with Crippen LogP contribution in [-0.2, 0) is 20.9 Å². The van der Waals surface area contributed by atoms with Crippen molar-refractivity contribution in [2.75, 3.05) is 6.61 Å². The van der Waals surface area contributed by atoms with E-state index in [1.54, 1.807) is 29.4 Å². The summed E-state index contributed by atoms with van der Waals surface area (Å²) in [5, 5.41) is 0.138. The van der Waals surface area contributed by atoms with Crippen molar-refractivity contribution < 1.29 is 14.3 Å². The van der Waals surface area contributed by atoms with E-state index in [9.17, 15) is 9.59 Å². The van der Waals surface area contributed by atoms with Gasteiger partial charge >= 0.3 is 5.97 Å². The second-order valence-corrected chi connectivity index (χ2v) is 4.10. The zero-order valence-electron chi connectivity index (χ0n) is 9.51. The van der Waals surface area contributed by atoms with E-state index in [2.05, 4.69) is 4.98 Å². The highest BCUT2D eigenvalue weighted by atomic mass is 35.5. The fraction of sp³-hybridized carbons (Fsp3) is 0.250. The molecule has 1 aromatic heterocycles. The third-order valence-corrected chi connectivity index (χ3v) is 2.75. The molecule has 0 amide bonds. The van der Waals surface area contributed by atoms with Gasteiger partial charge in [0.2, 0.25) is 0 Å². The maximum absolute atomic E-state index is 11.7. The van der Waals surface area contributed by atoms with E-state index in [4.69, 9.17) is 16.3 Å². The van der Waals surface area contributed by atoms with Crippen LogP contribution < -0.4 is 0 Å². The first-order chi connectivity index (χ1) is 8.68. The molecule has 0 unspecified atom stereocenters. The van der Waals surface area contributed by atoms with Gasteiger partial charge in [0, 0.05) is 18.8 Å². The molecule has 0 fully saturated rings. The van der Waals surface area contributed by atoms with Crippen LogP contribution in [0, 0.1) is 0 Å². The molecular weight excluding hydrogens is 256 g/mol. The molecule has 0 aromatic carbocycles. The molecule has 2 rings (SSSR count). The number of aromatic nitrogens is 2. The predicted molar refractivity (Wildman–Crippen MR) is 64.8 cm³/mol. The van der Waals surface area contributed by atoms with Gasteiger partial charge in [-0.15, -0.1) is 0 Å². The van der Waals surface area contributed by atoms with E-state index in [1.807, 2.05) is 0 Å². The lowest BCUT2D eigenvalue weighted by atomic mass is 10.0. The number of allylic oxidation sites excluding steroid dienone is 3. The van der Waals surface area contributed by atoms with Gasteiger partial charge in [-0.2, -0.15) is 0 Å². The highest BCUT2D eigenvalue weighted by molar-refractivity contribution is 6.38. The number of imidazole rings is 1. The maximum atomic E-state index is 11.7. The number of carbonyl (C=O) groups excluding carboxylic acids is 2. The molecule has 0 bridgehead atoms. The molecule has 0 saturated heterocycles. The van der Waals surface area contributed by atoms with E-state index in [1.165, 1.54) is 6.08 Å². The molecule has 1 aliphatic carbocycles. The van der Waals surface area contributed by atoms with E-state index in [0.717, 1.165) is 0 Å². The van der Waals surface area contributed by atoms with Crippen molar-refractivity contribution in [2.45, 2.75) is 13.0 Å². The molecular formula is C12H11ClN2O3. The normalized spacial score (nSPS) is 15.1. The fourth-order valence-electron chi connectivity index (χ4n) is 1.53. The SMILES string of the molecule is O=C1CC=CC(Cl)=C1C(=O)OCCn1ccnc1. The zero-order valence-corrected chi connectivity index (χ0v) is 10.3. The maximum Gasteiger partial charge on any atom is 0.343 e. The summed E-state index contributed by atoms with van der Waals surface area (Å²) >= 11 is 5.81. The summed E-state index contributed by atoms with van der Waals surface area (Å²) in [6.45, 7) is 0.653. The first kappa shape index (κ1) is 12.6. The topological polar surface area (TPSA) is 61.2 Å². The standard InChI is InChI=1S/C12H11ClN2O3/c13-9-2-1-3-10(16)11(9)12(17)18-7-6-15-5-4-14-8-15/h1-2,4-5,8H,3,6-7H2. The average molecular weight is 267 g/mol. The van der Waals surface area contributed by atoms with E-state index >= 15 is 0 Å². The lowest BCUT2D eigenvalue weighted by Gasteiger charge is -2.10. The first-order valence-electron chi connectivity index (χ1n) is 5.41. The fourth-order valence-corrected chi connectivity index (χ4v) is 1.81. The Morgan fingerprint density at radius 3 is 3.06 bits per heavy atom. The Morgan fingerprint density at radius 2 is 2.39 bits per heavy atom. The smallest absolute Gasteiger partial charge is 0.343 e. The second kappa shape index (κ2) is 5.64. The van der Waals surface area contributed by atoms with Crippen LogP contribution in [0.3, 0.4) is 0 Å². The minimum absolute atomic E-state index is 0.0650. The van der Waals surface area contributed by atoms with Crippen LogP contribution in [0.15, 0.2) is 41.5 Å². The lowest BCUT2D eigenvalue weighted by molar-refractivity contribution is -0.140. The van der Waals surface area contributed by atoms with Crippen molar-refractivity contribution >= 4 is 23.4 Å². The van der Waals surface area contributed by atoms with Gasteiger partial charge in [0.15, 0.2) is 5.78 Å². The summed E-state index contributed by atoms with van der Waals surface area (Å²) in [6, 6.07) is 0. The van der Waals surface area contributed by atoms with Gasteiger partial charge in [-0.25, -0.2) is 9.78 Å². The Balaban J connectivity index is 1.92. The Kier molecular flexibility index (Phi) is 3.94. The number of rotatable bonds is 4. The number of nitrogens with zero attached hydrogens (tertiary/aromatic N) is 2. The van der Waals surface area contributed by atoms with Crippen molar-refractivity contribution in [1.82, 2.24) is 9.55 Å². The number of Topliss-reactive ketones (excluding diaryl/α,β-unsaturated/α-hetero) is 1. The summed E-state index contributed by atoms with van der Waals surface area (Å²) in [6.07, 6.45) is 8.35. The van der Waals surface area contributed by atoms with Crippen molar-refractivity contribution in [2.24, 2.45) is 0 Å². The summed E-state index contributed by atoms with van der Waals surface area (Å²) in [4.78, 5) is 27.1. The van der Waals surface area contributed by atoms with E-state index in [-0.39, 0.29) is 29.4 Å². The Morgan fingerprint density at radius 1 is 1.56 bits per heavy atom. The van der Waals surface area contributed by atoms with E-state index in [0.29, 0.717) is 6.54 Å². The molecule has 0 saturated carbocycles. The van der Waals surface area contributed by atoms with Crippen LogP contribution in [0.4, 0.5) is 0 Å². The van der Waals surface area contributed by atoms with Crippen LogP contribution in [-0.4, -0.2) is 27.9 Å². The number of halogens is 1. The predicted octanol–water partition coefficient (Wildman–Crippen LogP) is 1.45. The molecule has 18 heavy (non-hydrogen) atoms. The number of hydrogen-bond acceptors (Lipinski definition) is 4. The molecule has 5 nitrogen and oxygen atoms in total. The minimum atomic E-state index is -0.672. The van der Waals surface area contributed by atoms with Gasteiger partial charge in [0.05, 0.1) is 17.9 Å². The summed E-state index contributed by atoms with van der Waals surface area (Å²) in [7, 11) is 0. The highest BCUT2D eigenvalue weighted by Gasteiger charge is 2.24. The van der Waals surface area contributed by atoms with Gasteiger partial charge in [0.25, 0.3) is 0 Å². The number of hydrogen-bond donors (Lipinski definition) is 0. The van der Waals surface area contributed by atoms with Gasteiger partial charge in [-0.05, 0) is 6.08 Å². The van der Waals surface area contributed by atoms with Crippen LogP contribution in [0.5, 0.6) is 0 Å². The van der Waals surface area contributed by atoms with Crippen molar-refractivity contribution in [3.8, 4) is 0 Å². The largest absolute Gasteiger partial charge is 0.460 e. The Hall–Kier alpha value is -1.88. The molecule has 1 heterocycles. The van der Waals surface area contributed by atoms with Crippen molar-refractivity contribution in [1.29, 1.82) is 0 Å². The first-order valence-corrected chi connectivity index (χ1v) is 5.78. The zero-order chi connectivity index (χ0) is 13.0. The summed E-state index contributed by atoms with van der Waals surface area (Å²) in [5.74, 6) is -0.982. The molecule has 94 valence electrons. The monoisotopic (exact) mass is 266 g/mol. The van der Waals surface area contributed by atoms with Gasteiger partial charge in [-0.3, -0.25) is 4.79 Å². The molecule has 1 aromatic rings. The van der Waals surface area contributed by atoms with Gasteiger partial charge in [-0.1, -0.05) is 17.7 Å². The lowest BCUT2D eigenvalue weighted by Crippen LogP contribution is -2.20. The molecule has 0 atom stereocenters. The van der Waals surface area contributed by atoms with Gasteiger partial charge < -0.3 is 9.30 Å². The van der Waals surface area contributed by atoms with Crippen LogP contribution >= 0.6 is 11.6 Å². The summed E-state index contributed by atoms with van der Waals surface area (Å²) in [5.41, 5.74) is -0.0650. The van der Waals surface area contributed by atoms with Crippen molar-refractivity contribution in [3.05, 3.63) is 41.5 Å². The average Bonchev–Trinajstić information content (AvgIpc) is 2.82. The molecule has 0 aliphatic heterocycles. The second-order valence-electron chi connectivity index (χ2n) is 3.69. The van der Waals surface area contributed by atoms with E-state index < -0.39 is 5.97 Å². The van der Waals surface area contributed by atoms with Crippen LogP contribution in [0.1, 0.15) is 6.42 Å². The third-order valence-electron chi connectivity index (χ3n) is 2.43. The quantitative estimate of drug-likeness (QED) is 0.611.